The molecule has 2 aliphatic heterocycles. The number of nitrogens with one attached hydrogen (secondary N) is 1. The van der Waals surface area contributed by atoms with E-state index >= 15 is 0 Å². The van der Waals surface area contributed by atoms with E-state index < -0.39 is 10.0 Å². The van der Waals surface area contributed by atoms with Gasteiger partial charge >= 0.3 is 0 Å². The van der Waals surface area contributed by atoms with E-state index in [1.807, 2.05) is 0 Å². The molecule has 2 rings (SSSR count). The lowest BCUT2D eigenvalue weighted by Gasteiger charge is -2.22. The van der Waals surface area contributed by atoms with Crippen molar-refractivity contribution in [1.29, 1.82) is 0 Å². The van der Waals surface area contributed by atoms with Crippen molar-refractivity contribution in [3.63, 3.8) is 0 Å². The largest absolute Gasteiger partial charge is 0.310 e. The molecule has 0 radical (unpaired) electrons. The first-order valence-electron chi connectivity index (χ1n) is 5.46. The highest BCUT2D eigenvalue weighted by atomic mass is 32.2. The summed E-state index contributed by atoms with van der Waals surface area (Å²) in [6.45, 7) is 4.78. The third kappa shape index (κ3) is 2.41. The van der Waals surface area contributed by atoms with Crippen LogP contribution in [0.1, 0.15) is 19.3 Å². The standard InChI is InChI=1S/C10H18N2O2S/c1-2-7-15(13,14)12-6-5-9-3-4-10(8-12)11-9/h2,9-11H,1,3-8H2. The molecule has 2 fully saturated rings. The minimum absolute atomic E-state index is 0.0599. The van der Waals surface area contributed by atoms with Gasteiger partial charge in [0.2, 0.25) is 10.0 Å². The van der Waals surface area contributed by atoms with Crippen molar-refractivity contribution < 1.29 is 8.42 Å². The second-order valence-corrected chi connectivity index (χ2v) is 6.37. The van der Waals surface area contributed by atoms with Gasteiger partial charge in [-0.1, -0.05) is 6.08 Å². The van der Waals surface area contributed by atoms with Crippen molar-refractivity contribution in [1.82, 2.24) is 9.62 Å². The van der Waals surface area contributed by atoms with Crippen molar-refractivity contribution in [2.24, 2.45) is 0 Å². The fourth-order valence-electron chi connectivity index (χ4n) is 2.42. The molecule has 0 saturated carbocycles. The molecular weight excluding hydrogens is 212 g/mol. The Labute approximate surface area is 91.4 Å². The predicted molar refractivity (Wildman–Crippen MR) is 60.1 cm³/mol. The number of fused-ring (bicyclic) bond motifs is 2. The van der Waals surface area contributed by atoms with Crippen molar-refractivity contribution in [2.75, 3.05) is 18.8 Å². The lowest BCUT2D eigenvalue weighted by atomic mass is 10.1. The van der Waals surface area contributed by atoms with Crippen LogP contribution in [0.5, 0.6) is 0 Å². The third-order valence-corrected chi connectivity index (χ3v) is 4.98. The van der Waals surface area contributed by atoms with Crippen molar-refractivity contribution in [3.8, 4) is 0 Å². The van der Waals surface area contributed by atoms with Crippen molar-refractivity contribution in [2.45, 2.75) is 31.3 Å². The second-order valence-electron chi connectivity index (χ2n) is 4.35. The maximum atomic E-state index is 11.8. The highest BCUT2D eigenvalue weighted by Gasteiger charge is 2.33. The highest BCUT2D eigenvalue weighted by molar-refractivity contribution is 7.89. The first-order valence-corrected chi connectivity index (χ1v) is 7.07. The van der Waals surface area contributed by atoms with E-state index in [-0.39, 0.29) is 5.75 Å². The SMILES string of the molecule is C=CCS(=O)(=O)N1CCC2CCC(C1)N2. The summed E-state index contributed by atoms with van der Waals surface area (Å²) in [4.78, 5) is 0. The Kier molecular flexibility index (Phi) is 3.13. The molecule has 0 aromatic rings. The van der Waals surface area contributed by atoms with Gasteiger partial charge in [0.15, 0.2) is 0 Å². The van der Waals surface area contributed by atoms with Crippen molar-refractivity contribution >= 4 is 10.0 Å². The normalized spacial score (nSPS) is 32.5. The minimum atomic E-state index is -3.10. The molecule has 1 N–H and O–H groups in total. The molecule has 2 saturated heterocycles. The fraction of sp³-hybridized carbons (Fsp3) is 0.800. The van der Waals surface area contributed by atoms with Gasteiger partial charge in [-0.05, 0) is 19.3 Å². The molecule has 2 unspecified atom stereocenters. The van der Waals surface area contributed by atoms with E-state index in [0.29, 0.717) is 25.2 Å². The van der Waals surface area contributed by atoms with Gasteiger partial charge in [-0.25, -0.2) is 12.7 Å². The average molecular weight is 230 g/mol. The molecule has 86 valence electrons. The van der Waals surface area contributed by atoms with Crippen LogP contribution in [0.25, 0.3) is 0 Å². The summed E-state index contributed by atoms with van der Waals surface area (Å²) in [7, 11) is -3.10. The Morgan fingerprint density at radius 3 is 2.80 bits per heavy atom. The van der Waals surface area contributed by atoms with Gasteiger partial charge in [0, 0.05) is 25.2 Å². The Morgan fingerprint density at radius 2 is 2.07 bits per heavy atom. The Bertz CT molecular complexity index is 339. The lowest BCUT2D eigenvalue weighted by Crippen LogP contribution is -2.39. The lowest BCUT2D eigenvalue weighted by molar-refractivity contribution is 0.385. The van der Waals surface area contributed by atoms with Crippen LogP contribution in [0.2, 0.25) is 0 Å². The molecule has 0 spiro atoms. The Morgan fingerprint density at radius 1 is 1.33 bits per heavy atom. The predicted octanol–water partition coefficient (Wildman–Crippen LogP) is 0.329. The molecule has 5 heteroatoms. The molecule has 15 heavy (non-hydrogen) atoms. The van der Waals surface area contributed by atoms with Crippen molar-refractivity contribution in [3.05, 3.63) is 12.7 Å². The van der Waals surface area contributed by atoms with Gasteiger partial charge in [0.25, 0.3) is 0 Å². The Balaban J connectivity index is 2.07. The van der Waals surface area contributed by atoms with E-state index in [9.17, 15) is 8.42 Å². The maximum absolute atomic E-state index is 11.8. The van der Waals surface area contributed by atoms with E-state index in [4.69, 9.17) is 0 Å². The summed E-state index contributed by atoms with van der Waals surface area (Å²) in [5.41, 5.74) is 0. The second kappa shape index (κ2) is 4.23. The molecule has 2 heterocycles. The summed E-state index contributed by atoms with van der Waals surface area (Å²) in [5, 5.41) is 3.47. The quantitative estimate of drug-likeness (QED) is 0.711. The zero-order valence-electron chi connectivity index (χ0n) is 8.85. The third-order valence-electron chi connectivity index (χ3n) is 3.21. The van der Waals surface area contributed by atoms with Crippen LogP contribution in [0.4, 0.5) is 0 Å². The van der Waals surface area contributed by atoms with Crippen LogP contribution in [0.15, 0.2) is 12.7 Å². The Hall–Kier alpha value is -0.390. The number of sulfonamides is 1. The van der Waals surface area contributed by atoms with Crippen LogP contribution in [0, 0.1) is 0 Å². The van der Waals surface area contributed by atoms with Gasteiger partial charge in [-0.2, -0.15) is 0 Å². The van der Waals surface area contributed by atoms with E-state index in [2.05, 4.69) is 11.9 Å². The molecule has 0 amide bonds. The summed E-state index contributed by atoms with van der Waals surface area (Å²) in [6.07, 6.45) is 4.70. The summed E-state index contributed by atoms with van der Waals surface area (Å²) < 4.78 is 25.3. The number of hydrogen-bond acceptors (Lipinski definition) is 3. The zero-order valence-corrected chi connectivity index (χ0v) is 9.67. The van der Waals surface area contributed by atoms with Gasteiger partial charge in [-0.15, -0.1) is 6.58 Å². The molecule has 0 aromatic carbocycles. The average Bonchev–Trinajstić information content (AvgIpc) is 2.44. The zero-order chi connectivity index (χ0) is 10.9. The first-order chi connectivity index (χ1) is 7.12. The topological polar surface area (TPSA) is 49.4 Å². The highest BCUT2D eigenvalue weighted by Crippen LogP contribution is 2.22. The summed E-state index contributed by atoms with van der Waals surface area (Å²) >= 11 is 0. The molecule has 2 aliphatic rings. The molecular formula is C10H18N2O2S. The van der Waals surface area contributed by atoms with E-state index in [1.165, 1.54) is 12.5 Å². The van der Waals surface area contributed by atoms with E-state index in [1.54, 1.807) is 4.31 Å². The monoisotopic (exact) mass is 230 g/mol. The number of rotatable bonds is 3. The molecule has 2 atom stereocenters. The van der Waals surface area contributed by atoms with Gasteiger partial charge < -0.3 is 5.32 Å². The van der Waals surface area contributed by atoms with Crippen LogP contribution in [0.3, 0.4) is 0 Å². The van der Waals surface area contributed by atoms with Gasteiger partial charge in [0.05, 0.1) is 5.75 Å². The van der Waals surface area contributed by atoms with Crippen LogP contribution < -0.4 is 5.32 Å². The van der Waals surface area contributed by atoms with Crippen LogP contribution >= 0.6 is 0 Å². The minimum Gasteiger partial charge on any atom is -0.310 e. The molecule has 0 aliphatic carbocycles. The summed E-state index contributed by atoms with van der Waals surface area (Å²) in [5.74, 6) is 0.0599. The smallest absolute Gasteiger partial charge is 0.217 e. The van der Waals surface area contributed by atoms with Crippen LogP contribution in [-0.2, 0) is 10.0 Å². The summed E-state index contributed by atoms with van der Waals surface area (Å²) in [6, 6.07) is 0.885. The molecule has 0 aromatic heterocycles. The first kappa shape index (κ1) is 11.1. The molecule has 4 nitrogen and oxygen atoms in total. The number of nitrogens with zero attached hydrogens (tertiary/aromatic N) is 1. The van der Waals surface area contributed by atoms with Crippen LogP contribution in [-0.4, -0.2) is 43.6 Å². The number of hydrogen-bond donors (Lipinski definition) is 1. The van der Waals surface area contributed by atoms with Gasteiger partial charge in [-0.3, -0.25) is 0 Å². The fourth-order valence-corrected chi connectivity index (χ4v) is 3.72. The molecule has 2 bridgehead atoms. The maximum Gasteiger partial charge on any atom is 0.217 e. The van der Waals surface area contributed by atoms with Gasteiger partial charge in [0.1, 0.15) is 0 Å². The van der Waals surface area contributed by atoms with E-state index in [0.717, 1.165) is 12.8 Å².